The highest BCUT2D eigenvalue weighted by Gasteiger charge is 2.39. The highest BCUT2D eigenvalue weighted by Crippen LogP contribution is 2.36. The molecule has 5 nitrogen and oxygen atoms in total. The van der Waals surface area contributed by atoms with E-state index in [-0.39, 0.29) is 17.7 Å². The number of hydrogen-bond acceptors (Lipinski definition) is 4. The third-order valence-electron chi connectivity index (χ3n) is 5.88. The maximum Gasteiger partial charge on any atom is 0.222 e. The van der Waals surface area contributed by atoms with E-state index in [1.165, 1.54) is 5.56 Å². The van der Waals surface area contributed by atoms with E-state index in [4.69, 9.17) is 0 Å². The zero-order chi connectivity index (χ0) is 21.9. The number of unbranched alkanes of at least 4 members (excludes halogenated alkanes) is 1. The number of allylic oxidation sites excluding steroid dienone is 2. The van der Waals surface area contributed by atoms with E-state index in [1.807, 2.05) is 42.5 Å². The number of hydrogen-bond donors (Lipinski definition) is 3. The molecule has 5 heteroatoms. The van der Waals surface area contributed by atoms with Gasteiger partial charge in [-0.1, -0.05) is 54.6 Å². The summed E-state index contributed by atoms with van der Waals surface area (Å²) in [6, 6.07) is 10.1. The van der Waals surface area contributed by atoms with E-state index < -0.39 is 18.3 Å². The average Bonchev–Trinajstić information content (AvgIpc) is 3.00. The number of aryl methyl sites for hydroxylation is 1. The Bertz CT molecular complexity index is 686. The maximum atomic E-state index is 11.6. The van der Waals surface area contributed by atoms with Crippen molar-refractivity contribution in [2.75, 3.05) is 14.1 Å². The van der Waals surface area contributed by atoms with Crippen molar-refractivity contribution in [2.24, 2.45) is 11.8 Å². The molecule has 166 valence electrons. The Morgan fingerprint density at radius 3 is 2.60 bits per heavy atom. The van der Waals surface area contributed by atoms with Gasteiger partial charge in [0.25, 0.3) is 0 Å². The number of aliphatic hydroxyl groups is 3. The van der Waals surface area contributed by atoms with Gasteiger partial charge in [0.15, 0.2) is 0 Å². The monoisotopic (exact) mass is 415 g/mol. The second-order valence-corrected chi connectivity index (χ2v) is 8.48. The number of nitrogens with zero attached hydrogens (tertiary/aromatic N) is 1. The van der Waals surface area contributed by atoms with Crippen LogP contribution < -0.4 is 0 Å². The number of rotatable bonds is 11. The van der Waals surface area contributed by atoms with Crippen molar-refractivity contribution in [3.8, 4) is 0 Å². The Morgan fingerprint density at radius 1 is 1.17 bits per heavy atom. The van der Waals surface area contributed by atoms with Crippen molar-refractivity contribution >= 4 is 5.91 Å². The van der Waals surface area contributed by atoms with Gasteiger partial charge in [-0.15, -0.1) is 0 Å². The Labute approximate surface area is 180 Å². The summed E-state index contributed by atoms with van der Waals surface area (Å²) in [5.41, 5.74) is 1.19. The molecule has 1 saturated carbocycles. The van der Waals surface area contributed by atoms with Gasteiger partial charge in [-0.2, -0.15) is 0 Å². The van der Waals surface area contributed by atoms with Gasteiger partial charge in [-0.25, -0.2) is 0 Å². The lowest BCUT2D eigenvalue weighted by atomic mass is 9.89. The molecule has 1 aromatic carbocycles. The molecule has 0 aliphatic heterocycles. The molecule has 2 rings (SSSR count). The smallest absolute Gasteiger partial charge is 0.222 e. The number of carbonyl (C=O) groups excluding carboxylic acids is 1. The fraction of sp³-hybridized carbons (Fsp3) is 0.560. The third-order valence-corrected chi connectivity index (χ3v) is 5.88. The van der Waals surface area contributed by atoms with Gasteiger partial charge in [0.05, 0.1) is 18.3 Å². The molecule has 1 aliphatic carbocycles. The van der Waals surface area contributed by atoms with Gasteiger partial charge >= 0.3 is 0 Å². The molecule has 0 heterocycles. The highest BCUT2D eigenvalue weighted by atomic mass is 16.3. The van der Waals surface area contributed by atoms with Crippen LogP contribution in [0.25, 0.3) is 0 Å². The lowest BCUT2D eigenvalue weighted by molar-refractivity contribution is -0.128. The Balaban J connectivity index is 1.79. The number of aliphatic hydroxyl groups excluding tert-OH is 3. The first-order valence-electron chi connectivity index (χ1n) is 11.0. The predicted molar refractivity (Wildman–Crippen MR) is 120 cm³/mol. The molecule has 0 bridgehead atoms. The van der Waals surface area contributed by atoms with Crippen LogP contribution in [0, 0.1) is 11.8 Å². The largest absolute Gasteiger partial charge is 0.393 e. The zero-order valence-corrected chi connectivity index (χ0v) is 18.2. The van der Waals surface area contributed by atoms with Crippen LogP contribution in [0.2, 0.25) is 0 Å². The number of benzene rings is 1. The summed E-state index contributed by atoms with van der Waals surface area (Å²) in [6.07, 6.45) is 10.7. The minimum Gasteiger partial charge on any atom is -0.393 e. The molecule has 0 aromatic heterocycles. The van der Waals surface area contributed by atoms with Crippen molar-refractivity contribution in [1.29, 1.82) is 0 Å². The summed E-state index contributed by atoms with van der Waals surface area (Å²) in [7, 11) is 3.52. The molecule has 0 spiro atoms. The Hall–Kier alpha value is -1.95. The summed E-state index contributed by atoms with van der Waals surface area (Å²) in [5.74, 6) is -0.0858. The van der Waals surface area contributed by atoms with E-state index >= 15 is 0 Å². The van der Waals surface area contributed by atoms with Gasteiger partial charge in [-0.3, -0.25) is 4.79 Å². The molecule has 3 N–H and O–H groups in total. The molecule has 0 saturated heterocycles. The molecule has 1 fully saturated rings. The van der Waals surface area contributed by atoms with E-state index in [9.17, 15) is 20.1 Å². The molecule has 0 radical (unpaired) electrons. The zero-order valence-electron chi connectivity index (χ0n) is 18.2. The minimum absolute atomic E-state index is 0.0581. The first-order valence-corrected chi connectivity index (χ1v) is 11.0. The van der Waals surface area contributed by atoms with E-state index in [2.05, 4.69) is 6.08 Å². The van der Waals surface area contributed by atoms with Crippen molar-refractivity contribution in [2.45, 2.75) is 63.3 Å². The van der Waals surface area contributed by atoms with Gasteiger partial charge in [0, 0.05) is 32.9 Å². The first-order chi connectivity index (χ1) is 14.4. The topological polar surface area (TPSA) is 81.0 Å². The molecular weight excluding hydrogens is 378 g/mol. The van der Waals surface area contributed by atoms with Crippen molar-refractivity contribution in [3.63, 3.8) is 0 Å². The van der Waals surface area contributed by atoms with Crippen LogP contribution in [-0.4, -0.2) is 58.5 Å². The van der Waals surface area contributed by atoms with Crippen LogP contribution in [0.3, 0.4) is 0 Å². The predicted octanol–water partition coefficient (Wildman–Crippen LogP) is 3.10. The van der Waals surface area contributed by atoms with E-state index in [1.54, 1.807) is 25.1 Å². The summed E-state index contributed by atoms with van der Waals surface area (Å²) >= 11 is 0. The molecule has 1 aliphatic rings. The Kier molecular flexibility index (Phi) is 10.3. The number of amides is 1. The van der Waals surface area contributed by atoms with Crippen LogP contribution in [0.5, 0.6) is 0 Å². The molecule has 0 unspecified atom stereocenters. The van der Waals surface area contributed by atoms with Gasteiger partial charge < -0.3 is 20.2 Å². The Morgan fingerprint density at radius 2 is 1.90 bits per heavy atom. The molecule has 1 aromatic rings. The summed E-state index contributed by atoms with van der Waals surface area (Å²) in [4.78, 5) is 13.2. The quantitative estimate of drug-likeness (QED) is 0.383. The van der Waals surface area contributed by atoms with Gasteiger partial charge in [0.1, 0.15) is 0 Å². The van der Waals surface area contributed by atoms with Crippen LogP contribution in [0.15, 0.2) is 54.6 Å². The van der Waals surface area contributed by atoms with Gasteiger partial charge in [-0.05, 0) is 43.6 Å². The van der Waals surface area contributed by atoms with Crippen molar-refractivity contribution in [1.82, 2.24) is 4.90 Å². The second kappa shape index (κ2) is 12.7. The van der Waals surface area contributed by atoms with Crippen LogP contribution >= 0.6 is 0 Å². The fourth-order valence-electron chi connectivity index (χ4n) is 3.98. The second-order valence-electron chi connectivity index (χ2n) is 8.48. The summed E-state index contributed by atoms with van der Waals surface area (Å²) < 4.78 is 0. The molecular formula is C25H37NO4. The summed E-state index contributed by atoms with van der Waals surface area (Å²) in [6.45, 7) is 0. The van der Waals surface area contributed by atoms with Gasteiger partial charge in [0.2, 0.25) is 5.91 Å². The van der Waals surface area contributed by atoms with E-state index in [0.717, 1.165) is 19.3 Å². The van der Waals surface area contributed by atoms with Crippen LogP contribution in [0.1, 0.15) is 44.1 Å². The maximum absolute atomic E-state index is 11.6. The summed E-state index contributed by atoms with van der Waals surface area (Å²) in [5, 5.41) is 31.0. The lowest BCUT2D eigenvalue weighted by Gasteiger charge is -2.19. The van der Waals surface area contributed by atoms with E-state index in [0.29, 0.717) is 25.7 Å². The highest BCUT2D eigenvalue weighted by molar-refractivity contribution is 5.75. The standard InChI is InChI=1S/C25H37NO4/c1-26(2)25(30)13-9-4-3-8-12-21-22(24(29)18-23(21)28)17-16-20(27)15-14-19-10-6-5-7-11-19/h3,5-8,10-11,16-17,20-24,27-29H,4,9,12-15,18H2,1-2H3/b8-3-,17-16+/t20-,21+,22+,23-,24+/m0/s1. The average molecular weight is 416 g/mol. The fourth-order valence-corrected chi connectivity index (χ4v) is 3.98. The first kappa shape index (κ1) is 24.3. The molecule has 1 amide bonds. The normalized spacial score (nSPS) is 25.2. The molecule has 5 atom stereocenters. The van der Waals surface area contributed by atoms with Crippen LogP contribution in [0.4, 0.5) is 0 Å². The third kappa shape index (κ3) is 8.05. The van der Waals surface area contributed by atoms with Crippen molar-refractivity contribution < 1.29 is 20.1 Å². The lowest BCUT2D eigenvalue weighted by Crippen LogP contribution is -2.21. The number of carbonyl (C=O) groups is 1. The van der Waals surface area contributed by atoms with Crippen LogP contribution in [-0.2, 0) is 11.2 Å². The SMILES string of the molecule is CN(C)C(=O)CCC/C=C\C[C@@H]1[C@@H](/C=C/[C@@H](O)CCc2ccccc2)[C@H](O)C[C@@H]1O. The van der Waals surface area contributed by atoms with Crippen molar-refractivity contribution in [3.05, 3.63) is 60.2 Å². The minimum atomic E-state index is -0.589. The molecule has 30 heavy (non-hydrogen) atoms.